The van der Waals surface area contributed by atoms with Crippen molar-refractivity contribution < 1.29 is 9.72 Å². The maximum absolute atomic E-state index is 11.7. The molecule has 0 radical (unpaired) electrons. The molecular weight excluding hydrogens is 272 g/mol. The molecule has 0 heterocycles. The second-order valence-corrected chi connectivity index (χ2v) is 5.36. The van der Waals surface area contributed by atoms with Crippen molar-refractivity contribution in [3.8, 4) is 0 Å². The van der Waals surface area contributed by atoms with E-state index in [4.69, 9.17) is 0 Å². The molecule has 2 N–H and O–H groups in total. The van der Waals surface area contributed by atoms with Crippen molar-refractivity contribution in [1.29, 1.82) is 0 Å². The highest BCUT2D eigenvalue weighted by molar-refractivity contribution is 5.78. The molecule has 1 fully saturated rings. The number of carbonyl (C=O) groups excluding carboxylic acids is 1. The van der Waals surface area contributed by atoms with Crippen molar-refractivity contribution in [3.63, 3.8) is 0 Å². The van der Waals surface area contributed by atoms with Crippen LogP contribution in [0.3, 0.4) is 0 Å². The summed E-state index contributed by atoms with van der Waals surface area (Å²) in [5.74, 6) is -0.00330. The Hall–Kier alpha value is -2.15. The van der Waals surface area contributed by atoms with Crippen molar-refractivity contribution in [2.45, 2.75) is 25.4 Å². The van der Waals surface area contributed by atoms with Crippen LogP contribution in [0, 0.1) is 10.1 Å². The van der Waals surface area contributed by atoms with Crippen LogP contribution in [-0.4, -0.2) is 42.4 Å². The largest absolute Gasteiger partial charge is 0.388 e. The number of non-ortho nitro benzene ring substituents is 1. The molecular formula is C14H20N4O3. The number of amides is 1. The van der Waals surface area contributed by atoms with Crippen molar-refractivity contribution in [1.82, 2.24) is 10.2 Å². The van der Waals surface area contributed by atoms with Gasteiger partial charge in [0.15, 0.2) is 0 Å². The van der Waals surface area contributed by atoms with Gasteiger partial charge in [-0.25, -0.2) is 0 Å². The minimum atomic E-state index is -0.414. The Morgan fingerprint density at radius 2 is 2.19 bits per heavy atom. The maximum Gasteiger partial charge on any atom is 0.269 e. The highest BCUT2D eigenvalue weighted by atomic mass is 16.6. The number of nitrogens with one attached hydrogen (secondary N) is 2. The summed E-state index contributed by atoms with van der Waals surface area (Å²) in [5, 5.41) is 16.8. The molecule has 1 amide bonds. The van der Waals surface area contributed by atoms with Gasteiger partial charge in [0.05, 0.1) is 11.5 Å². The van der Waals surface area contributed by atoms with Gasteiger partial charge in [-0.2, -0.15) is 0 Å². The minimum Gasteiger partial charge on any atom is -0.388 e. The van der Waals surface area contributed by atoms with Gasteiger partial charge in [-0.05, 0) is 31.5 Å². The van der Waals surface area contributed by atoms with Crippen LogP contribution in [0.2, 0.25) is 0 Å². The van der Waals surface area contributed by atoms with Crippen LogP contribution < -0.4 is 10.6 Å². The van der Waals surface area contributed by atoms with E-state index in [-0.39, 0.29) is 18.1 Å². The third-order valence-electron chi connectivity index (χ3n) is 3.37. The van der Waals surface area contributed by atoms with Gasteiger partial charge in [-0.3, -0.25) is 19.8 Å². The maximum atomic E-state index is 11.7. The lowest BCUT2D eigenvalue weighted by Crippen LogP contribution is -2.36. The number of anilines is 1. The number of benzene rings is 1. The van der Waals surface area contributed by atoms with Gasteiger partial charge in [0.2, 0.25) is 5.91 Å². The van der Waals surface area contributed by atoms with Gasteiger partial charge in [0.1, 0.15) is 0 Å². The molecule has 1 saturated carbocycles. The smallest absolute Gasteiger partial charge is 0.269 e. The molecule has 1 aliphatic carbocycles. The Bertz CT molecular complexity index is 543. The average Bonchev–Trinajstić information content (AvgIpc) is 3.21. The predicted molar refractivity (Wildman–Crippen MR) is 80.1 cm³/mol. The fourth-order valence-electron chi connectivity index (χ4n) is 2.16. The van der Waals surface area contributed by atoms with E-state index in [9.17, 15) is 14.9 Å². The normalized spacial score (nSPS) is 14.0. The summed E-state index contributed by atoms with van der Waals surface area (Å²) in [7, 11) is 3.59. The number of hydrogen-bond donors (Lipinski definition) is 2. The highest BCUT2D eigenvalue weighted by Gasteiger charge is 2.23. The third kappa shape index (κ3) is 4.42. The van der Waals surface area contributed by atoms with E-state index in [2.05, 4.69) is 10.6 Å². The summed E-state index contributed by atoms with van der Waals surface area (Å²) < 4.78 is 0. The minimum absolute atomic E-state index is 0.00330. The third-order valence-corrected chi connectivity index (χ3v) is 3.37. The molecule has 0 atom stereocenters. The molecule has 0 aromatic heterocycles. The molecule has 1 aliphatic rings. The fourth-order valence-corrected chi connectivity index (χ4v) is 2.16. The first-order valence-electron chi connectivity index (χ1n) is 6.92. The number of nitro groups is 1. The predicted octanol–water partition coefficient (Wildman–Crippen LogP) is 1.35. The zero-order valence-electron chi connectivity index (χ0n) is 12.3. The summed E-state index contributed by atoms with van der Waals surface area (Å²) in [6, 6.07) is 5.04. The monoisotopic (exact) mass is 292 g/mol. The molecule has 1 aromatic rings. The van der Waals surface area contributed by atoms with E-state index in [0.29, 0.717) is 12.6 Å². The van der Waals surface area contributed by atoms with Crippen LogP contribution in [-0.2, 0) is 11.3 Å². The molecule has 21 heavy (non-hydrogen) atoms. The van der Waals surface area contributed by atoms with Crippen LogP contribution in [0.4, 0.5) is 11.4 Å². The summed E-state index contributed by atoms with van der Waals surface area (Å²) in [4.78, 5) is 24.0. The van der Waals surface area contributed by atoms with Crippen molar-refractivity contribution >= 4 is 17.3 Å². The lowest BCUT2D eigenvalue weighted by molar-refractivity contribution is -0.384. The molecule has 0 unspecified atom stereocenters. The molecule has 7 heteroatoms. The lowest BCUT2D eigenvalue weighted by atomic mass is 10.1. The second-order valence-electron chi connectivity index (χ2n) is 5.36. The van der Waals surface area contributed by atoms with Gasteiger partial charge in [0.25, 0.3) is 5.69 Å². The van der Waals surface area contributed by atoms with E-state index in [1.54, 1.807) is 19.2 Å². The topological polar surface area (TPSA) is 87.5 Å². The van der Waals surface area contributed by atoms with Crippen LogP contribution in [0.15, 0.2) is 18.2 Å². The molecule has 2 rings (SSSR count). The van der Waals surface area contributed by atoms with Gasteiger partial charge in [-0.1, -0.05) is 0 Å². The number of hydrogen-bond acceptors (Lipinski definition) is 5. The molecule has 7 nitrogen and oxygen atoms in total. The van der Waals surface area contributed by atoms with Crippen LogP contribution in [0.5, 0.6) is 0 Å². The zero-order valence-corrected chi connectivity index (χ0v) is 12.3. The zero-order chi connectivity index (χ0) is 15.4. The number of likely N-dealkylation sites (N-methyl/N-ethyl adjacent to an activating group) is 1. The quantitative estimate of drug-likeness (QED) is 0.585. The van der Waals surface area contributed by atoms with E-state index >= 15 is 0 Å². The van der Waals surface area contributed by atoms with E-state index < -0.39 is 4.92 Å². The Morgan fingerprint density at radius 1 is 1.48 bits per heavy atom. The summed E-state index contributed by atoms with van der Waals surface area (Å²) >= 11 is 0. The van der Waals surface area contributed by atoms with Gasteiger partial charge >= 0.3 is 0 Å². The first-order valence-corrected chi connectivity index (χ1v) is 6.92. The van der Waals surface area contributed by atoms with Gasteiger partial charge in [-0.15, -0.1) is 0 Å². The van der Waals surface area contributed by atoms with Crippen LogP contribution >= 0.6 is 0 Å². The van der Waals surface area contributed by atoms with Crippen molar-refractivity contribution in [3.05, 3.63) is 33.9 Å². The SMILES string of the molecule is CNc1ccc([N+](=O)[O-])cc1CN(C)CC(=O)NC1CC1. The summed E-state index contributed by atoms with van der Waals surface area (Å²) in [6.45, 7) is 0.748. The first kappa shape index (κ1) is 15.2. The van der Waals surface area contributed by atoms with Gasteiger partial charge in [0, 0.05) is 37.5 Å². The average molecular weight is 292 g/mol. The molecule has 1 aromatic carbocycles. The number of rotatable bonds is 7. The van der Waals surface area contributed by atoms with Crippen molar-refractivity contribution in [2.24, 2.45) is 0 Å². The molecule has 0 bridgehead atoms. The van der Waals surface area contributed by atoms with Gasteiger partial charge < -0.3 is 10.6 Å². The standard InChI is InChI=1S/C14H20N4O3/c1-15-13-6-5-12(18(20)21)7-10(13)8-17(2)9-14(19)16-11-3-4-11/h5-7,11,15H,3-4,8-9H2,1-2H3,(H,16,19). The van der Waals surface area contributed by atoms with Crippen LogP contribution in [0.1, 0.15) is 18.4 Å². The Morgan fingerprint density at radius 3 is 2.76 bits per heavy atom. The molecule has 0 spiro atoms. The Labute approximate surface area is 123 Å². The highest BCUT2D eigenvalue weighted by Crippen LogP contribution is 2.23. The second kappa shape index (κ2) is 6.53. The first-order chi connectivity index (χ1) is 9.99. The molecule has 114 valence electrons. The number of carbonyl (C=O) groups is 1. The number of nitro benzene ring substituents is 1. The lowest BCUT2D eigenvalue weighted by Gasteiger charge is -2.18. The Balaban J connectivity index is 2.00. The number of nitrogens with zero attached hydrogens (tertiary/aromatic N) is 2. The van der Waals surface area contributed by atoms with E-state index in [1.807, 2.05) is 11.9 Å². The molecule has 0 aliphatic heterocycles. The van der Waals surface area contributed by atoms with Crippen molar-refractivity contribution in [2.75, 3.05) is 26.0 Å². The fraction of sp³-hybridized carbons (Fsp3) is 0.500. The summed E-state index contributed by atoms with van der Waals surface area (Å²) in [5.41, 5.74) is 1.68. The van der Waals surface area contributed by atoms with E-state index in [0.717, 1.165) is 24.1 Å². The Kier molecular flexibility index (Phi) is 4.74. The summed E-state index contributed by atoms with van der Waals surface area (Å²) in [6.07, 6.45) is 2.12. The van der Waals surface area contributed by atoms with E-state index in [1.165, 1.54) is 6.07 Å². The van der Waals surface area contributed by atoms with Crippen LogP contribution in [0.25, 0.3) is 0 Å². The molecule has 0 saturated heterocycles.